The van der Waals surface area contributed by atoms with Gasteiger partial charge in [-0.25, -0.2) is 9.52 Å². The van der Waals surface area contributed by atoms with Gasteiger partial charge in [0.1, 0.15) is 23.2 Å². The van der Waals surface area contributed by atoms with Gasteiger partial charge in [0.05, 0.1) is 0 Å². The standard InChI is InChI=1S/C26H41N5O7S/c1-25(2,3)38-24(35)27-19-11-8-6-4-5-7-10-17-16-26(17,23(34)30-39(36,37)29-18-13-14-18)28-21(32)20-12-9-15-31(20)22(19)33/h7,10,17-20,29H,4-6,8-9,11-16H2,1-3H3,(H,27,35)(H,28,32)(H,30,34)/b10-7-. The van der Waals surface area contributed by atoms with E-state index in [0.717, 1.165) is 32.1 Å². The van der Waals surface area contributed by atoms with Crippen molar-refractivity contribution in [1.82, 2.24) is 25.0 Å². The van der Waals surface area contributed by atoms with Gasteiger partial charge in [0.2, 0.25) is 11.8 Å². The Morgan fingerprint density at radius 1 is 1.08 bits per heavy atom. The summed E-state index contributed by atoms with van der Waals surface area (Å²) in [7, 11) is -4.06. The molecule has 0 bridgehead atoms. The van der Waals surface area contributed by atoms with Crippen LogP contribution in [0.25, 0.3) is 0 Å². The third kappa shape index (κ3) is 7.71. The maximum atomic E-state index is 13.6. The smallest absolute Gasteiger partial charge is 0.408 e. The molecule has 39 heavy (non-hydrogen) atoms. The molecule has 4 aliphatic rings. The Labute approximate surface area is 230 Å². The molecule has 4 amide bonds. The molecule has 1 saturated heterocycles. The van der Waals surface area contributed by atoms with Gasteiger partial charge in [0.25, 0.3) is 5.91 Å². The Balaban J connectivity index is 1.52. The minimum Gasteiger partial charge on any atom is -0.444 e. The zero-order valence-electron chi connectivity index (χ0n) is 23.0. The summed E-state index contributed by atoms with van der Waals surface area (Å²) in [5.41, 5.74) is -2.13. The topological polar surface area (TPSA) is 163 Å². The molecule has 0 radical (unpaired) electrons. The van der Waals surface area contributed by atoms with Crippen molar-refractivity contribution < 1.29 is 32.3 Å². The Kier molecular flexibility index (Phi) is 8.60. The normalized spacial score (nSPS) is 31.1. The van der Waals surface area contributed by atoms with Crippen LogP contribution in [-0.2, 0) is 29.3 Å². The molecule has 4 unspecified atom stereocenters. The van der Waals surface area contributed by atoms with Crippen molar-refractivity contribution in [3.05, 3.63) is 12.2 Å². The molecule has 0 aromatic rings. The van der Waals surface area contributed by atoms with Gasteiger partial charge in [-0.05, 0) is 72.1 Å². The van der Waals surface area contributed by atoms with E-state index >= 15 is 0 Å². The summed E-state index contributed by atoms with van der Waals surface area (Å²) in [4.78, 5) is 54.3. The number of hydrogen-bond donors (Lipinski definition) is 4. The van der Waals surface area contributed by atoms with Crippen molar-refractivity contribution in [3.8, 4) is 0 Å². The summed E-state index contributed by atoms with van der Waals surface area (Å²) in [6.07, 6.45) is 9.33. The van der Waals surface area contributed by atoms with Crippen molar-refractivity contribution in [2.24, 2.45) is 5.92 Å². The first kappa shape index (κ1) is 29.3. The summed E-state index contributed by atoms with van der Waals surface area (Å²) in [5.74, 6) is -2.02. The number of alkyl carbamates (subject to hydrolysis) is 1. The van der Waals surface area contributed by atoms with Gasteiger partial charge in [-0.15, -0.1) is 0 Å². The van der Waals surface area contributed by atoms with E-state index in [-0.39, 0.29) is 24.3 Å². The zero-order valence-corrected chi connectivity index (χ0v) is 23.8. The van der Waals surface area contributed by atoms with Gasteiger partial charge in [-0.3, -0.25) is 14.4 Å². The fraction of sp³-hybridized carbons (Fsp3) is 0.769. The molecule has 4 atom stereocenters. The van der Waals surface area contributed by atoms with Gasteiger partial charge in [0, 0.05) is 18.5 Å². The molecular formula is C26H41N5O7S. The van der Waals surface area contributed by atoms with Crippen molar-refractivity contribution in [1.29, 1.82) is 0 Å². The van der Waals surface area contributed by atoms with Gasteiger partial charge in [-0.1, -0.05) is 25.0 Å². The van der Waals surface area contributed by atoms with Crippen LogP contribution < -0.4 is 20.1 Å². The maximum Gasteiger partial charge on any atom is 0.408 e. The first-order chi connectivity index (χ1) is 18.3. The van der Waals surface area contributed by atoms with Gasteiger partial charge in [-0.2, -0.15) is 13.1 Å². The van der Waals surface area contributed by atoms with E-state index in [1.54, 1.807) is 20.8 Å². The fourth-order valence-corrected chi connectivity index (χ4v) is 6.37. The maximum absolute atomic E-state index is 13.6. The second kappa shape index (κ2) is 11.4. The predicted octanol–water partition coefficient (Wildman–Crippen LogP) is 1.38. The minimum absolute atomic E-state index is 0.175. The third-order valence-corrected chi connectivity index (χ3v) is 8.55. The van der Waals surface area contributed by atoms with Crippen LogP contribution in [0, 0.1) is 5.92 Å². The molecule has 2 saturated carbocycles. The molecule has 0 aromatic heterocycles. The fourth-order valence-electron chi connectivity index (χ4n) is 5.21. The molecule has 2 heterocycles. The number of rotatable bonds is 5. The first-order valence-electron chi connectivity index (χ1n) is 13.9. The number of allylic oxidation sites excluding steroid dienone is 1. The number of ether oxygens (including phenoxy) is 1. The number of carbonyl (C=O) groups is 4. The highest BCUT2D eigenvalue weighted by Crippen LogP contribution is 2.45. The van der Waals surface area contributed by atoms with Crippen LogP contribution in [0.3, 0.4) is 0 Å². The number of nitrogens with zero attached hydrogens (tertiary/aromatic N) is 1. The Bertz CT molecular complexity index is 1110. The summed E-state index contributed by atoms with van der Waals surface area (Å²) in [5, 5.41) is 5.50. The number of hydrogen-bond acceptors (Lipinski definition) is 7. The van der Waals surface area contributed by atoms with Gasteiger partial charge in [0.15, 0.2) is 0 Å². The van der Waals surface area contributed by atoms with Crippen LogP contribution in [0.5, 0.6) is 0 Å². The lowest BCUT2D eigenvalue weighted by atomic mass is 10.0. The number of carbonyl (C=O) groups excluding carboxylic acids is 4. The molecule has 2 aliphatic heterocycles. The van der Waals surface area contributed by atoms with Crippen LogP contribution in [0.15, 0.2) is 12.2 Å². The zero-order chi connectivity index (χ0) is 28.4. The highest BCUT2D eigenvalue weighted by Gasteiger charge is 2.61. The van der Waals surface area contributed by atoms with E-state index < -0.39 is 51.3 Å². The van der Waals surface area contributed by atoms with Crippen LogP contribution in [0.4, 0.5) is 4.79 Å². The monoisotopic (exact) mass is 567 g/mol. The quantitative estimate of drug-likeness (QED) is 0.365. The van der Waals surface area contributed by atoms with Crippen LogP contribution in [-0.4, -0.2) is 72.9 Å². The Morgan fingerprint density at radius 3 is 2.51 bits per heavy atom. The number of nitrogens with one attached hydrogen (secondary N) is 4. The summed E-state index contributed by atoms with van der Waals surface area (Å²) >= 11 is 0. The average Bonchev–Trinajstić information content (AvgIpc) is 3.70. The Hall–Kier alpha value is -2.67. The predicted molar refractivity (Wildman–Crippen MR) is 142 cm³/mol. The van der Waals surface area contributed by atoms with E-state index in [9.17, 15) is 27.6 Å². The molecular weight excluding hydrogens is 526 g/mol. The second-order valence-electron chi connectivity index (χ2n) is 12.1. The van der Waals surface area contributed by atoms with E-state index in [0.29, 0.717) is 32.2 Å². The summed E-state index contributed by atoms with van der Waals surface area (Å²) < 4.78 is 34.8. The molecule has 218 valence electrons. The lowest BCUT2D eigenvalue weighted by Gasteiger charge is -2.30. The average molecular weight is 568 g/mol. The van der Waals surface area contributed by atoms with Crippen LogP contribution in [0.2, 0.25) is 0 Å². The SMILES string of the molecule is CC(C)(C)OC(=O)NC1CCCCC/C=C\C2CC2(C(=O)NS(=O)(=O)NC2CC2)NC(=O)C2CCCN2C1=O. The van der Waals surface area contributed by atoms with E-state index in [2.05, 4.69) is 20.1 Å². The van der Waals surface area contributed by atoms with Crippen molar-refractivity contribution in [3.63, 3.8) is 0 Å². The molecule has 2 aliphatic carbocycles. The number of amides is 4. The van der Waals surface area contributed by atoms with E-state index in [1.807, 2.05) is 12.2 Å². The van der Waals surface area contributed by atoms with Gasteiger partial charge >= 0.3 is 16.3 Å². The molecule has 4 rings (SSSR count). The first-order valence-corrected chi connectivity index (χ1v) is 15.4. The molecule has 0 aromatic carbocycles. The third-order valence-electron chi connectivity index (χ3n) is 7.45. The minimum atomic E-state index is -4.06. The lowest BCUT2D eigenvalue weighted by Crippen LogP contribution is -2.59. The highest BCUT2D eigenvalue weighted by atomic mass is 32.2. The summed E-state index contributed by atoms with van der Waals surface area (Å²) in [6.45, 7) is 5.56. The van der Waals surface area contributed by atoms with Crippen LogP contribution in [0.1, 0.15) is 85.0 Å². The van der Waals surface area contributed by atoms with Crippen molar-refractivity contribution >= 4 is 34.0 Å². The van der Waals surface area contributed by atoms with Crippen molar-refractivity contribution in [2.75, 3.05) is 6.54 Å². The van der Waals surface area contributed by atoms with Gasteiger partial charge < -0.3 is 20.3 Å². The number of fused-ring (bicyclic) bond motifs is 2. The lowest BCUT2D eigenvalue weighted by molar-refractivity contribution is -0.141. The molecule has 3 fully saturated rings. The molecule has 4 N–H and O–H groups in total. The largest absolute Gasteiger partial charge is 0.444 e. The summed E-state index contributed by atoms with van der Waals surface area (Å²) in [6, 6.07) is -1.86. The second-order valence-corrected chi connectivity index (χ2v) is 13.5. The molecule has 0 spiro atoms. The highest BCUT2D eigenvalue weighted by molar-refractivity contribution is 7.88. The van der Waals surface area contributed by atoms with E-state index in [4.69, 9.17) is 4.74 Å². The van der Waals surface area contributed by atoms with Crippen LogP contribution >= 0.6 is 0 Å². The Morgan fingerprint density at radius 2 is 1.82 bits per heavy atom. The van der Waals surface area contributed by atoms with E-state index in [1.165, 1.54) is 4.90 Å². The molecule has 12 nitrogen and oxygen atoms in total. The molecule has 13 heteroatoms. The van der Waals surface area contributed by atoms with Crippen molar-refractivity contribution in [2.45, 2.75) is 114 Å².